The lowest BCUT2D eigenvalue weighted by molar-refractivity contribution is -0.138. The standard InChI is InChI=1S/C37H51F3N4O6/c1-24-21-44(25(2)23-45)35(47)31-20-30(42-36(48)41-29-15-13-28(14-16-29)37(38,39)40)17-18-32(31)50-26(3)10-8-9-19-49-33(24)22-43(4)34(46)27-11-6-5-7-12-27/h13-18,20,24-27,33,45H,5-12,19,21-23H2,1-4H3,(H2,41,42,48)/t24-,25-,26-,33+/m0/s1. The Bertz CT molecular complexity index is 1430. The smallest absolute Gasteiger partial charge is 0.416 e. The van der Waals surface area contributed by atoms with Crippen LogP contribution in [0.25, 0.3) is 0 Å². The predicted octanol–water partition coefficient (Wildman–Crippen LogP) is 7.18. The normalized spacial score (nSPS) is 22.0. The molecule has 0 bridgehead atoms. The van der Waals surface area contributed by atoms with Gasteiger partial charge in [0.25, 0.3) is 5.91 Å². The van der Waals surface area contributed by atoms with Crippen molar-refractivity contribution in [1.82, 2.24) is 9.80 Å². The number of amides is 4. The summed E-state index contributed by atoms with van der Waals surface area (Å²) in [6, 6.07) is 7.44. The molecule has 2 aliphatic rings. The van der Waals surface area contributed by atoms with Gasteiger partial charge < -0.3 is 35.0 Å². The summed E-state index contributed by atoms with van der Waals surface area (Å²) in [7, 11) is 1.81. The van der Waals surface area contributed by atoms with Gasteiger partial charge in [0.05, 0.1) is 36.0 Å². The molecule has 4 amide bonds. The monoisotopic (exact) mass is 704 g/mol. The molecule has 0 spiro atoms. The molecule has 10 nitrogen and oxygen atoms in total. The minimum atomic E-state index is -4.50. The van der Waals surface area contributed by atoms with Gasteiger partial charge in [0.15, 0.2) is 0 Å². The molecule has 4 atom stereocenters. The van der Waals surface area contributed by atoms with Crippen LogP contribution in [0.1, 0.15) is 88.1 Å². The van der Waals surface area contributed by atoms with E-state index >= 15 is 0 Å². The van der Waals surface area contributed by atoms with Gasteiger partial charge in [-0.05, 0) is 88.4 Å². The fourth-order valence-corrected chi connectivity index (χ4v) is 6.52. The fraction of sp³-hybridized carbons (Fsp3) is 0.595. The van der Waals surface area contributed by atoms with Gasteiger partial charge in [-0.1, -0.05) is 26.2 Å². The van der Waals surface area contributed by atoms with E-state index in [0.29, 0.717) is 25.3 Å². The number of nitrogens with one attached hydrogen (secondary N) is 2. The van der Waals surface area contributed by atoms with Gasteiger partial charge in [-0.2, -0.15) is 13.2 Å². The van der Waals surface area contributed by atoms with Crippen LogP contribution in [0, 0.1) is 11.8 Å². The van der Waals surface area contributed by atoms with Gasteiger partial charge >= 0.3 is 12.2 Å². The van der Waals surface area contributed by atoms with Crippen molar-refractivity contribution >= 4 is 29.2 Å². The Hall–Kier alpha value is -3.84. The summed E-state index contributed by atoms with van der Waals surface area (Å²) in [5.41, 5.74) is -0.249. The second-order valence-corrected chi connectivity index (χ2v) is 13.7. The fourth-order valence-electron chi connectivity index (χ4n) is 6.52. The van der Waals surface area contributed by atoms with Gasteiger partial charge in [0.1, 0.15) is 5.75 Å². The lowest BCUT2D eigenvalue weighted by atomic mass is 9.88. The average Bonchev–Trinajstić information content (AvgIpc) is 3.09. The van der Waals surface area contributed by atoms with E-state index in [2.05, 4.69) is 10.6 Å². The molecule has 0 unspecified atom stereocenters. The van der Waals surface area contributed by atoms with Crippen molar-refractivity contribution in [2.24, 2.45) is 11.8 Å². The number of hydrogen-bond acceptors (Lipinski definition) is 6. The number of carbonyl (C=O) groups excluding carboxylic acids is 3. The number of hydrogen-bond donors (Lipinski definition) is 3. The third-order valence-electron chi connectivity index (χ3n) is 9.56. The van der Waals surface area contributed by atoms with E-state index in [0.717, 1.165) is 69.2 Å². The molecule has 276 valence electrons. The molecule has 0 aromatic heterocycles. The summed E-state index contributed by atoms with van der Waals surface area (Å²) >= 11 is 0. The number of urea groups is 1. The molecule has 1 heterocycles. The van der Waals surface area contributed by atoms with Crippen LogP contribution in [0.5, 0.6) is 5.75 Å². The number of aliphatic hydroxyl groups is 1. The topological polar surface area (TPSA) is 120 Å². The molecular weight excluding hydrogens is 653 g/mol. The highest BCUT2D eigenvalue weighted by molar-refractivity contribution is 6.02. The second kappa shape index (κ2) is 17.9. The number of alkyl halides is 3. The molecule has 2 aromatic rings. The summed E-state index contributed by atoms with van der Waals surface area (Å²) in [4.78, 5) is 43.8. The molecule has 1 aliphatic heterocycles. The Balaban J connectivity index is 1.57. The third-order valence-corrected chi connectivity index (χ3v) is 9.56. The zero-order valence-corrected chi connectivity index (χ0v) is 29.4. The van der Waals surface area contributed by atoms with Gasteiger partial charge in [0, 0.05) is 50.0 Å². The van der Waals surface area contributed by atoms with Crippen LogP contribution >= 0.6 is 0 Å². The summed E-state index contributed by atoms with van der Waals surface area (Å²) in [5.74, 6) is -0.167. The van der Waals surface area contributed by atoms with Gasteiger partial charge in [-0.3, -0.25) is 9.59 Å². The number of fused-ring (bicyclic) bond motifs is 1. The van der Waals surface area contributed by atoms with E-state index in [1.807, 2.05) is 20.9 Å². The molecule has 3 N–H and O–H groups in total. The van der Waals surface area contributed by atoms with E-state index in [1.54, 1.807) is 28.9 Å². The molecule has 50 heavy (non-hydrogen) atoms. The average molecular weight is 705 g/mol. The van der Waals surface area contributed by atoms with Crippen molar-refractivity contribution < 1.29 is 42.1 Å². The molecule has 13 heteroatoms. The van der Waals surface area contributed by atoms with Crippen LogP contribution in [-0.2, 0) is 15.7 Å². The maximum absolute atomic E-state index is 14.4. The SMILES string of the molecule is C[C@H]1CCCCO[C@H](CN(C)C(=O)C2CCCCC2)[C@@H](C)CN([C@@H](C)CO)C(=O)c2cc(NC(=O)Nc3ccc(C(F)(F)F)cc3)ccc2O1. The second-order valence-electron chi connectivity index (χ2n) is 13.7. The minimum absolute atomic E-state index is 0.0212. The molecule has 1 saturated carbocycles. The summed E-state index contributed by atoms with van der Waals surface area (Å²) in [6.07, 6.45) is 2.27. The van der Waals surface area contributed by atoms with E-state index in [9.17, 15) is 32.7 Å². The maximum atomic E-state index is 14.4. The number of anilines is 2. The van der Waals surface area contributed by atoms with E-state index in [1.165, 1.54) is 6.07 Å². The summed E-state index contributed by atoms with van der Waals surface area (Å²) < 4.78 is 51.5. The number of benzene rings is 2. The number of carbonyl (C=O) groups is 3. The molecular formula is C37H51F3N4O6. The highest BCUT2D eigenvalue weighted by Crippen LogP contribution is 2.31. The first-order valence-electron chi connectivity index (χ1n) is 17.6. The van der Waals surface area contributed by atoms with Crippen LogP contribution in [-0.4, -0.2) is 84.4 Å². The Morgan fingerprint density at radius 3 is 2.28 bits per heavy atom. The number of halogens is 3. The number of likely N-dealkylation sites (N-methyl/N-ethyl adjacent to an activating group) is 1. The zero-order valence-electron chi connectivity index (χ0n) is 29.4. The molecule has 1 aliphatic carbocycles. The van der Waals surface area contributed by atoms with Gasteiger partial charge in [0.2, 0.25) is 5.91 Å². The first-order valence-corrected chi connectivity index (χ1v) is 17.6. The van der Waals surface area contributed by atoms with Crippen molar-refractivity contribution in [2.45, 2.75) is 96.6 Å². The van der Waals surface area contributed by atoms with Crippen molar-refractivity contribution in [3.63, 3.8) is 0 Å². The van der Waals surface area contributed by atoms with Crippen molar-refractivity contribution in [2.75, 3.05) is 44.0 Å². The van der Waals surface area contributed by atoms with Crippen LogP contribution in [0.2, 0.25) is 0 Å². The van der Waals surface area contributed by atoms with Gasteiger partial charge in [-0.25, -0.2) is 4.79 Å². The van der Waals surface area contributed by atoms with Gasteiger partial charge in [-0.15, -0.1) is 0 Å². The minimum Gasteiger partial charge on any atom is -0.490 e. The summed E-state index contributed by atoms with van der Waals surface area (Å²) in [6.45, 7) is 6.42. The van der Waals surface area contributed by atoms with E-state index in [4.69, 9.17) is 9.47 Å². The predicted molar refractivity (Wildman–Crippen MR) is 185 cm³/mol. The Morgan fingerprint density at radius 2 is 1.62 bits per heavy atom. The largest absolute Gasteiger partial charge is 0.490 e. The number of aliphatic hydroxyl groups excluding tert-OH is 1. The van der Waals surface area contributed by atoms with Crippen molar-refractivity contribution in [3.05, 3.63) is 53.6 Å². The Morgan fingerprint density at radius 1 is 0.980 bits per heavy atom. The Kier molecular flexibility index (Phi) is 13.9. The van der Waals surface area contributed by atoms with Crippen LogP contribution in [0.4, 0.5) is 29.3 Å². The number of nitrogens with zero attached hydrogens (tertiary/aromatic N) is 2. The summed E-state index contributed by atoms with van der Waals surface area (Å²) in [5, 5.41) is 15.4. The molecule has 4 rings (SSSR count). The lowest BCUT2D eigenvalue weighted by Gasteiger charge is -2.36. The Labute approximate surface area is 292 Å². The van der Waals surface area contributed by atoms with E-state index < -0.39 is 29.7 Å². The molecule has 2 aromatic carbocycles. The maximum Gasteiger partial charge on any atom is 0.416 e. The van der Waals surface area contributed by atoms with E-state index in [-0.39, 0.29) is 60.0 Å². The van der Waals surface area contributed by atoms with Crippen LogP contribution in [0.15, 0.2) is 42.5 Å². The van der Waals surface area contributed by atoms with Crippen LogP contribution in [0.3, 0.4) is 0 Å². The quantitative estimate of drug-likeness (QED) is 0.281. The number of rotatable bonds is 7. The zero-order chi connectivity index (χ0) is 36.4. The first-order chi connectivity index (χ1) is 23.8. The first kappa shape index (κ1) is 39.0. The number of ether oxygens (including phenoxy) is 2. The van der Waals surface area contributed by atoms with Crippen LogP contribution < -0.4 is 15.4 Å². The highest BCUT2D eigenvalue weighted by atomic mass is 19.4. The molecule has 0 saturated heterocycles. The third kappa shape index (κ3) is 10.8. The molecule has 0 radical (unpaired) electrons. The lowest BCUT2D eigenvalue weighted by Crippen LogP contribution is -2.48. The van der Waals surface area contributed by atoms with Crippen molar-refractivity contribution in [1.29, 1.82) is 0 Å². The molecule has 1 fully saturated rings. The highest BCUT2D eigenvalue weighted by Gasteiger charge is 2.33. The van der Waals surface area contributed by atoms with Crippen molar-refractivity contribution in [3.8, 4) is 5.75 Å².